The molecule has 1 aromatic carbocycles. The maximum absolute atomic E-state index is 12.2. The van der Waals surface area contributed by atoms with Crippen molar-refractivity contribution in [3.63, 3.8) is 0 Å². The molecule has 2 aromatic rings. The number of anilines is 1. The van der Waals surface area contributed by atoms with E-state index in [4.69, 9.17) is 0 Å². The van der Waals surface area contributed by atoms with Crippen molar-refractivity contribution in [2.75, 3.05) is 5.32 Å². The molecule has 8 heteroatoms. The number of hydrogen-bond donors (Lipinski definition) is 1. The number of benzene rings is 1. The van der Waals surface area contributed by atoms with Gasteiger partial charge in [0.25, 0.3) is 5.69 Å². The number of thioether (sulfide) groups is 1. The lowest BCUT2D eigenvalue weighted by molar-refractivity contribution is -0.384. The number of carbonyl (C=O) groups is 1. The van der Waals surface area contributed by atoms with Crippen molar-refractivity contribution in [3.05, 3.63) is 63.1 Å². The van der Waals surface area contributed by atoms with Gasteiger partial charge in [-0.05, 0) is 25.1 Å². The van der Waals surface area contributed by atoms with Crippen LogP contribution in [0.25, 0.3) is 0 Å². The minimum Gasteiger partial charge on any atom is -0.324 e. The number of aromatic nitrogens is 1. The second-order valence-corrected chi connectivity index (χ2v) is 6.28. The number of non-ortho nitro benzene ring substituents is 1. The Bertz CT molecular complexity index is 786. The van der Waals surface area contributed by atoms with Crippen LogP contribution in [0.15, 0.2) is 52.3 Å². The lowest BCUT2D eigenvalue weighted by Gasteiger charge is -2.12. The Balaban J connectivity index is 2.00. The van der Waals surface area contributed by atoms with Crippen LogP contribution in [-0.4, -0.2) is 20.6 Å². The van der Waals surface area contributed by atoms with E-state index in [0.29, 0.717) is 5.69 Å². The predicted octanol–water partition coefficient (Wildman–Crippen LogP) is 2.41. The van der Waals surface area contributed by atoms with Gasteiger partial charge < -0.3 is 9.88 Å². The summed E-state index contributed by atoms with van der Waals surface area (Å²) in [6, 6.07) is 8.95. The summed E-state index contributed by atoms with van der Waals surface area (Å²) in [6.07, 6.45) is 1.55. The Morgan fingerprint density at radius 3 is 2.48 bits per heavy atom. The van der Waals surface area contributed by atoms with E-state index in [9.17, 15) is 19.7 Å². The van der Waals surface area contributed by atoms with Crippen LogP contribution in [0.5, 0.6) is 0 Å². The normalized spacial score (nSPS) is 11.7. The molecule has 1 atom stereocenters. The number of rotatable bonds is 5. The SMILES string of the molecule is C[C@H](Sc1ccc([N+](=O)[O-])cc1)C(=O)Nc1ccc(=O)n(C)c1. The maximum atomic E-state index is 12.2. The maximum Gasteiger partial charge on any atom is 0.269 e. The van der Waals surface area contributed by atoms with Crippen LogP contribution in [0.2, 0.25) is 0 Å². The van der Waals surface area contributed by atoms with Gasteiger partial charge in [-0.25, -0.2) is 0 Å². The molecule has 7 nitrogen and oxygen atoms in total. The highest BCUT2D eigenvalue weighted by Crippen LogP contribution is 2.26. The van der Waals surface area contributed by atoms with Crippen molar-refractivity contribution < 1.29 is 9.72 Å². The van der Waals surface area contributed by atoms with Crippen molar-refractivity contribution >= 4 is 29.0 Å². The van der Waals surface area contributed by atoms with Gasteiger partial charge in [-0.1, -0.05) is 0 Å². The molecule has 120 valence electrons. The number of nitrogens with zero attached hydrogens (tertiary/aromatic N) is 2. The molecule has 0 saturated carbocycles. The zero-order chi connectivity index (χ0) is 17.0. The van der Waals surface area contributed by atoms with Gasteiger partial charge in [0, 0.05) is 36.3 Å². The largest absolute Gasteiger partial charge is 0.324 e. The van der Waals surface area contributed by atoms with Crippen molar-refractivity contribution in [3.8, 4) is 0 Å². The number of amides is 1. The Kier molecular flexibility index (Phi) is 5.17. The van der Waals surface area contributed by atoms with Crippen LogP contribution >= 0.6 is 11.8 Å². The zero-order valence-corrected chi connectivity index (χ0v) is 13.4. The molecule has 1 aromatic heterocycles. The summed E-state index contributed by atoms with van der Waals surface area (Å²) >= 11 is 1.30. The lowest BCUT2D eigenvalue weighted by atomic mass is 10.3. The molecular formula is C15H15N3O4S. The summed E-state index contributed by atoms with van der Waals surface area (Å²) in [5, 5.41) is 12.9. The van der Waals surface area contributed by atoms with Crippen LogP contribution < -0.4 is 10.9 Å². The van der Waals surface area contributed by atoms with Gasteiger partial charge >= 0.3 is 0 Å². The molecule has 0 radical (unpaired) electrons. The number of carbonyl (C=O) groups excluding carboxylic acids is 1. The number of nitro groups is 1. The van der Waals surface area contributed by atoms with Gasteiger partial charge in [0.05, 0.1) is 15.9 Å². The molecule has 0 aliphatic rings. The van der Waals surface area contributed by atoms with Gasteiger partial charge in [0.1, 0.15) is 0 Å². The zero-order valence-electron chi connectivity index (χ0n) is 12.6. The first-order chi connectivity index (χ1) is 10.9. The number of pyridine rings is 1. The highest BCUT2D eigenvalue weighted by atomic mass is 32.2. The van der Waals surface area contributed by atoms with E-state index in [2.05, 4.69) is 5.32 Å². The van der Waals surface area contributed by atoms with E-state index in [1.54, 1.807) is 38.4 Å². The van der Waals surface area contributed by atoms with E-state index in [-0.39, 0.29) is 17.2 Å². The third kappa shape index (κ3) is 4.43. The molecule has 0 bridgehead atoms. The fraction of sp³-hybridized carbons (Fsp3) is 0.200. The van der Waals surface area contributed by atoms with Crippen molar-refractivity contribution in [2.45, 2.75) is 17.1 Å². The van der Waals surface area contributed by atoms with Gasteiger partial charge in [0.2, 0.25) is 11.5 Å². The van der Waals surface area contributed by atoms with Gasteiger partial charge in [-0.15, -0.1) is 11.8 Å². The quantitative estimate of drug-likeness (QED) is 0.515. The van der Waals surface area contributed by atoms with Gasteiger partial charge in [0.15, 0.2) is 0 Å². The molecule has 0 saturated heterocycles. The van der Waals surface area contributed by atoms with Crippen LogP contribution in [0, 0.1) is 10.1 Å². The fourth-order valence-electron chi connectivity index (χ4n) is 1.82. The molecule has 1 heterocycles. The predicted molar refractivity (Wildman–Crippen MR) is 88.7 cm³/mol. The first kappa shape index (κ1) is 16.8. The third-order valence-electron chi connectivity index (χ3n) is 3.08. The smallest absolute Gasteiger partial charge is 0.269 e. The molecule has 0 spiro atoms. The second kappa shape index (κ2) is 7.10. The minimum atomic E-state index is -0.468. The van der Waals surface area contributed by atoms with Crippen LogP contribution in [0.3, 0.4) is 0 Å². The number of nitro benzene ring substituents is 1. The molecule has 0 fully saturated rings. The van der Waals surface area contributed by atoms with Crippen LogP contribution in [-0.2, 0) is 11.8 Å². The van der Waals surface area contributed by atoms with Crippen molar-refractivity contribution in [2.24, 2.45) is 7.05 Å². The molecule has 0 aliphatic carbocycles. The lowest BCUT2D eigenvalue weighted by Crippen LogP contribution is -2.24. The molecule has 0 unspecified atom stereocenters. The van der Waals surface area contributed by atoms with E-state index >= 15 is 0 Å². The van der Waals surface area contributed by atoms with Crippen molar-refractivity contribution in [1.82, 2.24) is 4.57 Å². The van der Waals surface area contributed by atoms with E-state index in [1.807, 2.05) is 0 Å². The first-order valence-corrected chi connectivity index (χ1v) is 7.63. The minimum absolute atomic E-state index is 0.0108. The highest BCUT2D eigenvalue weighted by molar-refractivity contribution is 8.00. The summed E-state index contributed by atoms with van der Waals surface area (Å²) in [6.45, 7) is 1.74. The van der Waals surface area contributed by atoms with E-state index < -0.39 is 10.2 Å². The molecule has 2 rings (SSSR count). The Hall–Kier alpha value is -2.61. The van der Waals surface area contributed by atoms with Crippen molar-refractivity contribution in [1.29, 1.82) is 0 Å². The van der Waals surface area contributed by atoms with Crippen LogP contribution in [0.4, 0.5) is 11.4 Å². The Labute approximate surface area is 136 Å². The summed E-state index contributed by atoms with van der Waals surface area (Å²) < 4.78 is 1.38. The fourth-order valence-corrected chi connectivity index (χ4v) is 2.68. The summed E-state index contributed by atoms with van der Waals surface area (Å²) in [5.74, 6) is -0.216. The van der Waals surface area contributed by atoms with Gasteiger partial charge in [-0.2, -0.15) is 0 Å². The third-order valence-corrected chi connectivity index (χ3v) is 4.19. The highest BCUT2D eigenvalue weighted by Gasteiger charge is 2.15. The summed E-state index contributed by atoms with van der Waals surface area (Å²) in [4.78, 5) is 34.4. The summed E-state index contributed by atoms with van der Waals surface area (Å²) in [7, 11) is 1.60. The number of nitrogens with one attached hydrogen (secondary N) is 1. The summed E-state index contributed by atoms with van der Waals surface area (Å²) in [5.41, 5.74) is 0.390. The first-order valence-electron chi connectivity index (χ1n) is 6.75. The topological polar surface area (TPSA) is 94.2 Å². The van der Waals surface area contributed by atoms with Crippen LogP contribution in [0.1, 0.15) is 6.92 Å². The second-order valence-electron chi connectivity index (χ2n) is 4.87. The molecule has 0 aliphatic heterocycles. The molecule has 1 amide bonds. The Morgan fingerprint density at radius 1 is 1.26 bits per heavy atom. The number of aryl methyl sites for hydroxylation is 1. The molecule has 1 N–H and O–H groups in total. The Morgan fingerprint density at radius 2 is 1.91 bits per heavy atom. The molecular weight excluding hydrogens is 318 g/mol. The number of hydrogen-bond acceptors (Lipinski definition) is 5. The molecule has 23 heavy (non-hydrogen) atoms. The average Bonchev–Trinajstić information content (AvgIpc) is 2.51. The van der Waals surface area contributed by atoms with E-state index in [0.717, 1.165) is 4.90 Å². The van der Waals surface area contributed by atoms with Gasteiger partial charge in [-0.3, -0.25) is 19.7 Å². The van der Waals surface area contributed by atoms with E-state index in [1.165, 1.54) is 34.5 Å². The monoisotopic (exact) mass is 333 g/mol. The standard InChI is InChI=1S/C15H15N3O4S/c1-10(23-13-6-4-12(5-7-13)18(21)22)15(20)16-11-3-8-14(19)17(2)9-11/h3-10H,1-2H3,(H,16,20)/t10-/m0/s1. The average molecular weight is 333 g/mol.